The Morgan fingerprint density at radius 1 is 0.643 bits per heavy atom. The fourth-order valence-electron chi connectivity index (χ4n) is 2.42. The Hall–Kier alpha value is -2.96. The molecule has 0 amide bonds. The molecule has 4 aromatic rings. The zero-order valence-corrected chi connectivity index (χ0v) is 16.3. The van der Waals surface area contributed by atoms with Gasteiger partial charge in [-0.1, -0.05) is 47.5 Å². The van der Waals surface area contributed by atoms with Crippen LogP contribution in [0.25, 0.3) is 0 Å². The van der Waals surface area contributed by atoms with Crippen LogP contribution in [-0.2, 0) is 12.8 Å². The van der Waals surface area contributed by atoms with Crippen LogP contribution in [0.15, 0.2) is 69.8 Å². The predicted molar refractivity (Wildman–Crippen MR) is 110 cm³/mol. The minimum atomic E-state index is 0.203. The van der Waals surface area contributed by atoms with Crippen LogP contribution >= 0.6 is 23.2 Å². The van der Waals surface area contributed by atoms with Crippen LogP contribution < -0.4 is 11.5 Å². The van der Waals surface area contributed by atoms with Crippen molar-refractivity contribution < 1.29 is 8.83 Å². The summed E-state index contributed by atoms with van der Waals surface area (Å²) >= 11 is 11.5. The summed E-state index contributed by atoms with van der Waals surface area (Å²) in [5, 5.41) is 1.46. The standard InChI is InChI=1S/2C10H9ClN2O/c2*11-8-3-1-7(2-4-8)5-9-6-13-10(12)14-9/h2*1-4,6H,5H2,(H2,12,13). The van der Waals surface area contributed by atoms with E-state index in [-0.39, 0.29) is 12.0 Å². The van der Waals surface area contributed by atoms with E-state index in [1.807, 2.05) is 48.5 Å². The van der Waals surface area contributed by atoms with Gasteiger partial charge < -0.3 is 20.3 Å². The number of anilines is 2. The van der Waals surface area contributed by atoms with Crippen molar-refractivity contribution in [2.45, 2.75) is 12.8 Å². The van der Waals surface area contributed by atoms with E-state index in [2.05, 4.69) is 9.97 Å². The molecule has 144 valence electrons. The quantitative estimate of drug-likeness (QED) is 0.484. The highest BCUT2D eigenvalue weighted by Gasteiger charge is 2.02. The van der Waals surface area contributed by atoms with Crippen molar-refractivity contribution in [2.24, 2.45) is 0 Å². The van der Waals surface area contributed by atoms with E-state index in [1.165, 1.54) is 0 Å². The van der Waals surface area contributed by atoms with Crippen molar-refractivity contribution in [3.63, 3.8) is 0 Å². The molecule has 28 heavy (non-hydrogen) atoms. The van der Waals surface area contributed by atoms with Gasteiger partial charge in [-0.3, -0.25) is 0 Å². The monoisotopic (exact) mass is 416 g/mol. The first-order valence-corrected chi connectivity index (χ1v) is 9.13. The number of benzene rings is 2. The summed E-state index contributed by atoms with van der Waals surface area (Å²) in [5.74, 6) is 1.51. The summed E-state index contributed by atoms with van der Waals surface area (Å²) in [4.78, 5) is 7.63. The van der Waals surface area contributed by atoms with E-state index in [0.29, 0.717) is 12.8 Å². The number of halogens is 2. The second-order valence-electron chi connectivity index (χ2n) is 5.94. The lowest BCUT2D eigenvalue weighted by Gasteiger charge is -1.97. The first kappa shape index (κ1) is 19.8. The van der Waals surface area contributed by atoms with Gasteiger partial charge in [-0.2, -0.15) is 0 Å². The van der Waals surface area contributed by atoms with E-state index in [1.54, 1.807) is 12.4 Å². The first-order valence-electron chi connectivity index (χ1n) is 8.37. The molecule has 4 N–H and O–H groups in total. The van der Waals surface area contributed by atoms with Crippen molar-refractivity contribution >= 4 is 35.2 Å². The molecular formula is C20H18Cl2N4O2. The Morgan fingerprint density at radius 2 is 1.00 bits per heavy atom. The lowest BCUT2D eigenvalue weighted by molar-refractivity contribution is 0.534. The third-order valence-electron chi connectivity index (χ3n) is 3.73. The third-order valence-corrected chi connectivity index (χ3v) is 4.23. The zero-order valence-electron chi connectivity index (χ0n) is 14.8. The molecule has 8 heteroatoms. The molecule has 0 radical (unpaired) electrons. The van der Waals surface area contributed by atoms with Gasteiger partial charge in [0.1, 0.15) is 11.5 Å². The van der Waals surface area contributed by atoms with Crippen LogP contribution in [0.5, 0.6) is 0 Å². The fraction of sp³-hybridized carbons (Fsp3) is 0.100. The van der Waals surface area contributed by atoms with Crippen molar-refractivity contribution in [3.8, 4) is 0 Å². The molecule has 4 rings (SSSR count). The lowest BCUT2D eigenvalue weighted by atomic mass is 10.1. The number of rotatable bonds is 4. The number of hydrogen-bond donors (Lipinski definition) is 2. The molecule has 0 saturated carbocycles. The second kappa shape index (κ2) is 9.30. The third kappa shape index (κ3) is 6.04. The summed E-state index contributed by atoms with van der Waals surface area (Å²) in [6.45, 7) is 0. The molecule has 0 atom stereocenters. The van der Waals surface area contributed by atoms with Crippen LogP contribution in [0, 0.1) is 0 Å². The average molecular weight is 417 g/mol. The van der Waals surface area contributed by atoms with Crippen LogP contribution in [0.1, 0.15) is 22.6 Å². The molecule has 0 aliphatic heterocycles. The van der Waals surface area contributed by atoms with E-state index >= 15 is 0 Å². The normalized spacial score (nSPS) is 10.4. The Kier molecular flexibility index (Phi) is 6.57. The Balaban J connectivity index is 0.000000161. The van der Waals surface area contributed by atoms with Crippen molar-refractivity contribution in [3.05, 3.63) is 93.6 Å². The molecular weight excluding hydrogens is 399 g/mol. The predicted octanol–water partition coefficient (Wildman–Crippen LogP) is 5.00. The smallest absolute Gasteiger partial charge is 0.292 e. The minimum absolute atomic E-state index is 0.203. The molecule has 0 spiro atoms. The summed E-state index contributed by atoms with van der Waals surface area (Å²) < 4.78 is 10.3. The molecule has 0 unspecified atom stereocenters. The maximum absolute atomic E-state index is 5.76. The molecule has 2 heterocycles. The van der Waals surface area contributed by atoms with Crippen molar-refractivity contribution in [1.29, 1.82) is 0 Å². The Morgan fingerprint density at radius 3 is 1.29 bits per heavy atom. The summed E-state index contributed by atoms with van der Waals surface area (Å²) in [7, 11) is 0. The highest BCUT2D eigenvalue weighted by Crippen LogP contribution is 2.15. The van der Waals surface area contributed by atoms with Gasteiger partial charge in [-0.05, 0) is 35.4 Å². The highest BCUT2D eigenvalue weighted by atomic mass is 35.5. The van der Waals surface area contributed by atoms with Gasteiger partial charge in [0, 0.05) is 22.9 Å². The maximum Gasteiger partial charge on any atom is 0.292 e. The fourth-order valence-corrected chi connectivity index (χ4v) is 2.67. The van der Waals surface area contributed by atoms with Crippen LogP contribution in [0.2, 0.25) is 10.0 Å². The number of nitrogens with zero attached hydrogens (tertiary/aromatic N) is 2. The molecule has 0 saturated heterocycles. The average Bonchev–Trinajstić information content (AvgIpc) is 3.27. The summed E-state index contributed by atoms with van der Waals surface area (Å²) in [6, 6.07) is 15.6. The molecule has 2 aromatic heterocycles. The second-order valence-corrected chi connectivity index (χ2v) is 6.81. The minimum Gasteiger partial charge on any atom is -0.429 e. The molecule has 0 aliphatic rings. The number of hydrogen-bond acceptors (Lipinski definition) is 6. The topological polar surface area (TPSA) is 104 Å². The molecule has 0 fully saturated rings. The van der Waals surface area contributed by atoms with Gasteiger partial charge in [0.05, 0.1) is 12.4 Å². The highest BCUT2D eigenvalue weighted by molar-refractivity contribution is 6.30. The number of aromatic nitrogens is 2. The van der Waals surface area contributed by atoms with Gasteiger partial charge in [0.15, 0.2) is 0 Å². The lowest BCUT2D eigenvalue weighted by Crippen LogP contribution is -1.84. The van der Waals surface area contributed by atoms with E-state index in [9.17, 15) is 0 Å². The van der Waals surface area contributed by atoms with Gasteiger partial charge >= 0.3 is 0 Å². The Labute approximate surface area is 172 Å². The molecule has 6 nitrogen and oxygen atoms in total. The number of nitrogens with two attached hydrogens (primary N) is 2. The molecule has 0 bridgehead atoms. The van der Waals surface area contributed by atoms with Crippen molar-refractivity contribution in [1.82, 2.24) is 9.97 Å². The summed E-state index contributed by atoms with van der Waals surface area (Å²) in [5.41, 5.74) is 12.9. The van der Waals surface area contributed by atoms with Gasteiger partial charge in [0.25, 0.3) is 12.0 Å². The molecule has 0 aliphatic carbocycles. The number of nitrogen functional groups attached to an aromatic ring is 2. The van der Waals surface area contributed by atoms with Gasteiger partial charge in [-0.15, -0.1) is 0 Å². The van der Waals surface area contributed by atoms with Gasteiger partial charge in [0.2, 0.25) is 0 Å². The SMILES string of the molecule is Nc1ncc(Cc2ccc(Cl)cc2)o1.Nc1ncc(Cc2ccc(Cl)cc2)o1. The number of oxazole rings is 2. The maximum atomic E-state index is 5.76. The first-order chi connectivity index (χ1) is 13.5. The van der Waals surface area contributed by atoms with Crippen LogP contribution in [-0.4, -0.2) is 9.97 Å². The van der Waals surface area contributed by atoms with Crippen molar-refractivity contribution in [2.75, 3.05) is 11.5 Å². The van der Waals surface area contributed by atoms with E-state index < -0.39 is 0 Å². The molecule has 2 aromatic carbocycles. The van der Waals surface area contributed by atoms with Gasteiger partial charge in [-0.25, -0.2) is 9.97 Å². The largest absolute Gasteiger partial charge is 0.429 e. The van der Waals surface area contributed by atoms with Crippen LogP contribution in [0.4, 0.5) is 12.0 Å². The van der Waals surface area contributed by atoms with E-state index in [0.717, 1.165) is 32.7 Å². The van der Waals surface area contributed by atoms with E-state index in [4.69, 9.17) is 43.5 Å². The summed E-state index contributed by atoms with van der Waals surface area (Å²) in [6.07, 6.45) is 4.62. The zero-order chi connectivity index (χ0) is 19.9. The Bertz CT molecular complexity index is 928. The van der Waals surface area contributed by atoms with Crippen LogP contribution in [0.3, 0.4) is 0 Å².